The van der Waals surface area contributed by atoms with E-state index in [0.29, 0.717) is 5.52 Å². The average molecular weight is 273 g/mol. The third-order valence-corrected chi connectivity index (χ3v) is 2.86. The van der Waals surface area contributed by atoms with Gasteiger partial charge in [-0.2, -0.15) is 13.2 Å². The summed E-state index contributed by atoms with van der Waals surface area (Å²) in [7, 11) is 1.21. The molecule has 0 spiro atoms. The molecule has 1 aromatic heterocycles. The van der Waals surface area contributed by atoms with Gasteiger partial charge in [0.1, 0.15) is 5.82 Å². The Bertz CT molecular complexity index is 519. The third kappa shape index (κ3) is 3.24. The summed E-state index contributed by atoms with van der Waals surface area (Å²) in [6.45, 7) is 0. The van der Waals surface area contributed by atoms with Crippen LogP contribution in [0.4, 0.5) is 13.2 Å². The summed E-state index contributed by atoms with van der Waals surface area (Å²) in [4.78, 5) is 7.10. The third-order valence-electron chi connectivity index (χ3n) is 2.86. The molecule has 0 fully saturated rings. The van der Waals surface area contributed by atoms with Crippen LogP contribution in [0.2, 0.25) is 0 Å². The molecule has 1 heterocycles. The molecule has 0 amide bonds. The smallest absolute Gasteiger partial charge is 0.379 e. The van der Waals surface area contributed by atoms with Crippen molar-refractivity contribution in [3.05, 3.63) is 30.1 Å². The van der Waals surface area contributed by atoms with Gasteiger partial charge in [0.2, 0.25) is 0 Å². The molecule has 0 aliphatic carbocycles. The molecule has 0 aliphatic heterocycles. The lowest BCUT2D eigenvalue weighted by molar-refractivity contribution is -0.160. The number of hydrogen-bond acceptors (Lipinski definition) is 3. The number of halogens is 3. The molecule has 19 heavy (non-hydrogen) atoms. The van der Waals surface area contributed by atoms with Crippen molar-refractivity contribution in [1.29, 1.82) is 0 Å². The number of nitrogens with two attached hydrogens (primary N) is 1. The Labute approximate surface area is 107 Å². The van der Waals surface area contributed by atoms with E-state index >= 15 is 0 Å². The second-order valence-electron chi connectivity index (χ2n) is 4.26. The summed E-state index contributed by atoms with van der Waals surface area (Å²) in [5.74, 6) is 0.289. The molecule has 2 atom stereocenters. The maximum absolute atomic E-state index is 12.4. The second kappa shape index (κ2) is 5.18. The molecule has 3 N–H and O–H groups in total. The molecule has 2 aromatic rings. The number of fused-ring (bicyclic) bond motifs is 1. The van der Waals surface area contributed by atoms with E-state index in [9.17, 15) is 13.2 Å². The van der Waals surface area contributed by atoms with E-state index < -0.39 is 24.7 Å². The fourth-order valence-electron chi connectivity index (χ4n) is 1.89. The molecule has 0 saturated carbocycles. The zero-order chi connectivity index (χ0) is 14.0. The summed E-state index contributed by atoms with van der Waals surface area (Å²) in [6.07, 6.45) is -6.60. The standard InChI is InChI=1S/C12H14F3N3O/c1-19-9(6-12(13,14)15)10(16)11-17-7-4-2-3-5-8(7)18-11/h2-5,9-10H,6,16H2,1H3,(H,17,18). The van der Waals surface area contributed by atoms with E-state index in [2.05, 4.69) is 9.97 Å². The van der Waals surface area contributed by atoms with Gasteiger partial charge in [-0.15, -0.1) is 0 Å². The van der Waals surface area contributed by atoms with Crippen LogP contribution in [0.1, 0.15) is 18.3 Å². The quantitative estimate of drug-likeness (QED) is 0.899. The van der Waals surface area contributed by atoms with Crippen molar-refractivity contribution in [3.63, 3.8) is 0 Å². The molecule has 2 rings (SSSR count). The lowest BCUT2D eigenvalue weighted by atomic mass is 10.1. The van der Waals surface area contributed by atoms with Crippen molar-refractivity contribution in [2.45, 2.75) is 24.7 Å². The number of nitrogens with zero attached hydrogens (tertiary/aromatic N) is 1. The molecular formula is C12H14F3N3O. The van der Waals surface area contributed by atoms with Crippen LogP contribution in [-0.2, 0) is 4.74 Å². The van der Waals surface area contributed by atoms with Crippen molar-refractivity contribution in [2.24, 2.45) is 5.73 Å². The molecule has 0 saturated heterocycles. The van der Waals surface area contributed by atoms with Gasteiger partial charge in [-0.25, -0.2) is 4.98 Å². The first-order valence-corrected chi connectivity index (χ1v) is 5.70. The van der Waals surface area contributed by atoms with Gasteiger partial charge in [0, 0.05) is 7.11 Å². The SMILES string of the molecule is COC(CC(F)(F)F)C(N)c1nc2ccccc2[nH]1. The minimum atomic E-state index is -4.33. The number of alkyl halides is 3. The molecule has 1 aromatic carbocycles. The maximum Gasteiger partial charge on any atom is 0.391 e. The number of hydrogen-bond donors (Lipinski definition) is 2. The number of aromatic nitrogens is 2. The highest BCUT2D eigenvalue weighted by atomic mass is 19.4. The van der Waals surface area contributed by atoms with Crippen LogP contribution in [-0.4, -0.2) is 29.4 Å². The summed E-state index contributed by atoms with van der Waals surface area (Å²) in [5, 5.41) is 0. The normalized spacial score (nSPS) is 15.6. The van der Waals surface area contributed by atoms with Crippen molar-refractivity contribution >= 4 is 11.0 Å². The number of imidazole rings is 1. The molecule has 2 unspecified atom stereocenters. The highest BCUT2D eigenvalue weighted by molar-refractivity contribution is 5.74. The first kappa shape index (κ1) is 13.8. The fourth-order valence-corrected chi connectivity index (χ4v) is 1.89. The van der Waals surface area contributed by atoms with Gasteiger partial charge < -0.3 is 15.5 Å². The van der Waals surface area contributed by atoms with Gasteiger partial charge >= 0.3 is 6.18 Å². The minimum absolute atomic E-state index is 0.289. The number of aromatic amines is 1. The molecule has 0 aliphatic rings. The van der Waals surface area contributed by atoms with Gasteiger partial charge in [0.25, 0.3) is 0 Å². The summed E-state index contributed by atoms with van der Waals surface area (Å²) >= 11 is 0. The lowest BCUT2D eigenvalue weighted by Gasteiger charge is -2.22. The topological polar surface area (TPSA) is 63.9 Å². The maximum atomic E-state index is 12.4. The molecular weight excluding hydrogens is 259 g/mol. The van der Waals surface area contributed by atoms with E-state index in [1.165, 1.54) is 7.11 Å². The Balaban J connectivity index is 2.23. The van der Waals surface area contributed by atoms with Gasteiger partial charge in [-0.3, -0.25) is 0 Å². The number of benzene rings is 1. The Morgan fingerprint density at radius 1 is 1.37 bits per heavy atom. The van der Waals surface area contributed by atoms with E-state index in [1.807, 2.05) is 0 Å². The fraction of sp³-hybridized carbons (Fsp3) is 0.417. The molecule has 4 nitrogen and oxygen atoms in total. The van der Waals surface area contributed by atoms with Crippen LogP contribution >= 0.6 is 0 Å². The van der Waals surface area contributed by atoms with Gasteiger partial charge in [0.05, 0.1) is 29.6 Å². The Morgan fingerprint density at radius 3 is 2.63 bits per heavy atom. The van der Waals surface area contributed by atoms with Gasteiger partial charge in [-0.1, -0.05) is 12.1 Å². The number of para-hydroxylation sites is 2. The van der Waals surface area contributed by atoms with Crippen LogP contribution in [0.5, 0.6) is 0 Å². The van der Waals surface area contributed by atoms with E-state index in [0.717, 1.165) is 5.52 Å². The van der Waals surface area contributed by atoms with Gasteiger partial charge in [0.15, 0.2) is 0 Å². The molecule has 104 valence electrons. The predicted molar refractivity (Wildman–Crippen MR) is 64.5 cm³/mol. The number of nitrogens with one attached hydrogen (secondary N) is 1. The molecule has 0 bridgehead atoms. The van der Waals surface area contributed by atoms with E-state index in [-0.39, 0.29) is 5.82 Å². The lowest BCUT2D eigenvalue weighted by Crippen LogP contribution is -2.33. The largest absolute Gasteiger partial charge is 0.391 e. The predicted octanol–water partition coefficient (Wildman–Crippen LogP) is 2.53. The summed E-state index contributed by atoms with van der Waals surface area (Å²) in [6, 6.07) is 6.18. The molecule has 7 heteroatoms. The first-order valence-electron chi connectivity index (χ1n) is 5.70. The Hall–Kier alpha value is -1.60. The van der Waals surface area contributed by atoms with E-state index in [1.54, 1.807) is 24.3 Å². The Kier molecular flexibility index (Phi) is 3.77. The van der Waals surface area contributed by atoms with Crippen molar-refractivity contribution in [3.8, 4) is 0 Å². The first-order chi connectivity index (χ1) is 8.90. The number of ether oxygens (including phenoxy) is 1. The minimum Gasteiger partial charge on any atom is -0.379 e. The Morgan fingerprint density at radius 2 is 2.05 bits per heavy atom. The van der Waals surface area contributed by atoms with Crippen LogP contribution in [0.25, 0.3) is 11.0 Å². The second-order valence-corrected chi connectivity index (χ2v) is 4.26. The highest BCUT2D eigenvalue weighted by Gasteiger charge is 2.36. The van der Waals surface area contributed by atoms with Crippen LogP contribution in [0.3, 0.4) is 0 Å². The highest BCUT2D eigenvalue weighted by Crippen LogP contribution is 2.28. The summed E-state index contributed by atoms with van der Waals surface area (Å²) < 4.78 is 42.1. The summed E-state index contributed by atoms with van der Waals surface area (Å²) in [5.41, 5.74) is 7.20. The number of rotatable bonds is 4. The molecule has 0 radical (unpaired) electrons. The van der Waals surface area contributed by atoms with Gasteiger partial charge in [-0.05, 0) is 12.1 Å². The number of methoxy groups -OCH3 is 1. The number of H-pyrrole nitrogens is 1. The van der Waals surface area contributed by atoms with Crippen LogP contribution in [0.15, 0.2) is 24.3 Å². The van der Waals surface area contributed by atoms with Crippen LogP contribution < -0.4 is 5.73 Å². The zero-order valence-electron chi connectivity index (χ0n) is 10.2. The zero-order valence-corrected chi connectivity index (χ0v) is 10.2. The van der Waals surface area contributed by atoms with Crippen LogP contribution in [0, 0.1) is 0 Å². The van der Waals surface area contributed by atoms with Crippen molar-refractivity contribution in [1.82, 2.24) is 9.97 Å². The monoisotopic (exact) mass is 273 g/mol. The van der Waals surface area contributed by atoms with Crippen molar-refractivity contribution in [2.75, 3.05) is 7.11 Å². The van der Waals surface area contributed by atoms with Crippen molar-refractivity contribution < 1.29 is 17.9 Å². The average Bonchev–Trinajstić information content (AvgIpc) is 2.77. The van der Waals surface area contributed by atoms with E-state index in [4.69, 9.17) is 10.5 Å².